The molecule has 0 amide bonds. The van der Waals surface area contributed by atoms with Crippen LogP contribution in [-0.4, -0.2) is 56.4 Å². The minimum atomic E-state index is -0.789. The number of nitrogens with zero attached hydrogens (tertiary/aromatic N) is 4. The van der Waals surface area contributed by atoms with Crippen LogP contribution in [0.1, 0.15) is 17.3 Å². The normalized spacial score (nSPS) is 11.8. The van der Waals surface area contributed by atoms with Crippen molar-refractivity contribution in [2.45, 2.75) is 18.2 Å². The van der Waals surface area contributed by atoms with Gasteiger partial charge in [-0.25, -0.2) is 9.18 Å². The summed E-state index contributed by atoms with van der Waals surface area (Å²) in [6.45, 7) is 2.10. The van der Waals surface area contributed by atoms with E-state index < -0.39 is 17.9 Å². The standard InChI is InChI=1S/C19H19FN4O4S/c1-2-27-18(26)13-6-8-17(9-7-13)28-11-16(25)12-29-19-21-22-23-24(19)15-5-3-4-14(20)10-15/h3-10,16,25H,2,11-12H2,1H3. The van der Waals surface area contributed by atoms with E-state index in [9.17, 15) is 14.3 Å². The minimum Gasteiger partial charge on any atom is -0.491 e. The van der Waals surface area contributed by atoms with Gasteiger partial charge in [-0.05, 0) is 59.8 Å². The topological polar surface area (TPSA) is 99.4 Å². The minimum absolute atomic E-state index is 0.0489. The third kappa shape index (κ3) is 5.75. The van der Waals surface area contributed by atoms with Crippen molar-refractivity contribution < 1.29 is 23.8 Å². The largest absolute Gasteiger partial charge is 0.491 e. The fourth-order valence-corrected chi connectivity index (χ4v) is 3.15. The second kappa shape index (κ2) is 9.99. The number of hydrogen-bond acceptors (Lipinski definition) is 8. The van der Waals surface area contributed by atoms with Crippen LogP contribution in [0, 0.1) is 5.82 Å². The molecular formula is C19H19FN4O4S. The van der Waals surface area contributed by atoms with Crippen molar-refractivity contribution in [3.05, 3.63) is 59.9 Å². The Morgan fingerprint density at radius 2 is 2.07 bits per heavy atom. The number of esters is 1. The summed E-state index contributed by atoms with van der Waals surface area (Å²) >= 11 is 1.22. The highest BCUT2D eigenvalue weighted by Gasteiger charge is 2.13. The first-order valence-corrected chi connectivity index (χ1v) is 9.80. The highest BCUT2D eigenvalue weighted by molar-refractivity contribution is 7.99. The number of tetrazole rings is 1. The average Bonchev–Trinajstić information content (AvgIpc) is 3.20. The first-order valence-electron chi connectivity index (χ1n) is 8.82. The van der Waals surface area contributed by atoms with Crippen LogP contribution in [-0.2, 0) is 4.74 Å². The molecule has 0 fully saturated rings. The van der Waals surface area contributed by atoms with Crippen LogP contribution >= 0.6 is 11.8 Å². The molecule has 0 spiro atoms. The number of aliphatic hydroxyl groups excluding tert-OH is 1. The van der Waals surface area contributed by atoms with Gasteiger partial charge in [0.25, 0.3) is 0 Å². The van der Waals surface area contributed by atoms with E-state index in [1.54, 1.807) is 43.3 Å². The average molecular weight is 418 g/mol. The van der Waals surface area contributed by atoms with Gasteiger partial charge >= 0.3 is 5.97 Å². The van der Waals surface area contributed by atoms with Crippen molar-refractivity contribution in [2.24, 2.45) is 0 Å². The van der Waals surface area contributed by atoms with Crippen LogP contribution in [0.25, 0.3) is 5.69 Å². The fourth-order valence-electron chi connectivity index (χ4n) is 2.35. The van der Waals surface area contributed by atoms with Gasteiger partial charge in [0.05, 0.1) is 24.0 Å². The van der Waals surface area contributed by atoms with Gasteiger partial charge < -0.3 is 14.6 Å². The molecule has 152 valence electrons. The van der Waals surface area contributed by atoms with E-state index in [1.165, 1.54) is 28.6 Å². The van der Waals surface area contributed by atoms with Gasteiger partial charge in [0, 0.05) is 5.75 Å². The van der Waals surface area contributed by atoms with Crippen LogP contribution < -0.4 is 4.74 Å². The molecular weight excluding hydrogens is 399 g/mol. The van der Waals surface area contributed by atoms with Crippen molar-refractivity contribution in [2.75, 3.05) is 19.0 Å². The van der Waals surface area contributed by atoms with E-state index in [0.717, 1.165) is 0 Å². The summed E-state index contributed by atoms with van der Waals surface area (Å²) in [5.41, 5.74) is 0.921. The highest BCUT2D eigenvalue weighted by atomic mass is 32.2. The maximum atomic E-state index is 13.4. The molecule has 0 aliphatic carbocycles. The van der Waals surface area contributed by atoms with Crippen molar-refractivity contribution in [3.63, 3.8) is 0 Å². The number of carbonyl (C=O) groups excluding carboxylic acids is 1. The molecule has 1 heterocycles. The Hall–Kier alpha value is -2.98. The Morgan fingerprint density at radius 1 is 1.28 bits per heavy atom. The molecule has 0 saturated heterocycles. The summed E-state index contributed by atoms with van der Waals surface area (Å²) in [6, 6.07) is 12.4. The van der Waals surface area contributed by atoms with E-state index in [4.69, 9.17) is 9.47 Å². The van der Waals surface area contributed by atoms with E-state index in [-0.39, 0.29) is 12.4 Å². The molecule has 3 aromatic rings. The molecule has 2 aromatic carbocycles. The third-order valence-corrected chi connectivity index (χ3v) is 4.77. The number of aromatic nitrogens is 4. The quantitative estimate of drug-likeness (QED) is 0.418. The van der Waals surface area contributed by atoms with Crippen LogP contribution in [0.2, 0.25) is 0 Å². The zero-order chi connectivity index (χ0) is 20.6. The number of ether oxygens (including phenoxy) is 2. The number of halogens is 1. The second-order valence-electron chi connectivity index (χ2n) is 5.87. The molecule has 0 aliphatic rings. The molecule has 0 radical (unpaired) electrons. The summed E-state index contributed by atoms with van der Waals surface area (Å²) in [6.07, 6.45) is -0.789. The molecule has 1 N–H and O–H groups in total. The van der Waals surface area contributed by atoms with Gasteiger partial charge in [-0.15, -0.1) is 5.10 Å². The maximum Gasteiger partial charge on any atom is 0.338 e. The zero-order valence-corrected chi connectivity index (χ0v) is 16.4. The lowest BCUT2D eigenvalue weighted by molar-refractivity contribution is 0.0526. The summed E-state index contributed by atoms with van der Waals surface area (Å²) in [5.74, 6) is 0.00547. The lowest BCUT2D eigenvalue weighted by atomic mass is 10.2. The fraction of sp³-hybridized carbons (Fsp3) is 0.263. The molecule has 3 rings (SSSR count). The SMILES string of the molecule is CCOC(=O)c1ccc(OCC(O)CSc2nnnn2-c2cccc(F)c2)cc1. The van der Waals surface area contributed by atoms with Gasteiger partial charge in [-0.3, -0.25) is 0 Å². The van der Waals surface area contributed by atoms with Crippen molar-refractivity contribution >= 4 is 17.7 Å². The number of carbonyl (C=O) groups is 1. The smallest absolute Gasteiger partial charge is 0.338 e. The first kappa shape index (κ1) is 20.7. The summed E-state index contributed by atoms with van der Waals surface area (Å²) in [5, 5.41) is 22.0. The van der Waals surface area contributed by atoms with Gasteiger partial charge in [0.2, 0.25) is 5.16 Å². The van der Waals surface area contributed by atoms with Crippen LogP contribution in [0.5, 0.6) is 5.75 Å². The first-order chi connectivity index (χ1) is 14.1. The van der Waals surface area contributed by atoms with E-state index in [1.807, 2.05) is 0 Å². The van der Waals surface area contributed by atoms with Crippen LogP contribution in [0.3, 0.4) is 0 Å². The molecule has 0 bridgehead atoms. The van der Waals surface area contributed by atoms with Gasteiger partial charge in [-0.1, -0.05) is 17.8 Å². The Labute approximate surface area is 170 Å². The van der Waals surface area contributed by atoms with Gasteiger partial charge in [-0.2, -0.15) is 4.68 Å². The molecule has 1 aromatic heterocycles. The zero-order valence-electron chi connectivity index (χ0n) is 15.6. The van der Waals surface area contributed by atoms with Crippen molar-refractivity contribution in [3.8, 4) is 11.4 Å². The summed E-state index contributed by atoms with van der Waals surface area (Å²) in [7, 11) is 0. The Balaban J connectivity index is 1.50. The molecule has 10 heteroatoms. The Morgan fingerprint density at radius 3 is 2.79 bits per heavy atom. The highest BCUT2D eigenvalue weighted by Crippen LogP contribution is 2.20. The predicted molar refractivity (Wildman–Crippen MR) is 104 cm³/mol. The predicted octanol–water partition coefficient (Wildman–Crippen LogP) is 2.51. The van der Waals surface area contributed by atoms with E-state index in [0.29, 0.717) is 28.8 Å². The summed E-state index contributed by atoms with van der Waals surface area (Å²) in [4.78, 5) is 11.6. The van der Waals surface area contributed by atoms with Crippen molar-refractivity contribution in [1.29, 1.82) is 0 Å². The monoisotopic (exact) mass is 418 g/mol. The molecule has 0 aliphatic heterocycles. The summed E-state index contributed by atoms with van der Waals surface area (Å²) < 4.78 is 25.3. The molecule has 1 unspecified atom stereocenters. The number of thioether (sulfide) groups is 1. The van der Waals surface area contributed by atoms with Crippen molar-refractivity contribution in [1.82, 2.24) is 20.2 Å². The van der Waals surface area contributed by atoms with E-state index in [2.05, 4.69) is 15.5 Å². The van der Waals surface area contributed by atoms with Crippen LogP contribution in [0.4, 0.5) is 4.39 Å². The van der Waals surface area contributed by atoms with Crippen LogP contribution in [0.15, 0.2) is 53.7 Å². The molecule has 0 saturated carbocycles. The van der Waals surface area contributed by atoms with E-state index >= 15 is 0 Å². The lowest BCUT2D eigenvalue weighted by Crippen LogP contribution is -2.20. The van der Waals surface area contributed by atoms with Gasteiger partial charge in [0.15, 0.2) is 0 Å². The molecule has 29 heavy (non-hydrogen) atoms. The Kier molecular flexibility index (Phi) is 7.14. The second-order valence-corrected chi connectivity index (χ2v) is 6.86. The maximum absolute atomic E-state index is 13.4. The molecule has 1 atom stereocenters. The van der Waals surface area contributed by atoms with Gasteiger partial charge in [0.1, 0.15) is 18.2 Å². The third-order valence-electron chi connectivity index (χ3n) is 3.71. The molecule has 8 nitrogen and oxygen atoms in total. The Bertz CT molecular complexity index is 951. The number of benzene rings is 2. The number of hydrogen-bond donors (Lipinski definition) is 1. The number of aliphatic hydroxyl groups is 1. The number of rotatable bonds is 9. The lowest BCUT2D eigenvalue weighted by Gasteiger charge is -2.12.